The number of hydrogen-bond acceptors (Lipinski definition) is 8. The molecule has 4 rings (SSSR count). The average molecular weight is 544 g/mol. The number of primary amides is 2. The maximum Gasteiger partial charge on any atom is 0.273 e. The Bertz CT molecular complexity index is 1410. The lowest BCUT2D eigenvalue weighted by molar-refractivity contribution is -0.385. The molecule has 0 bridgehead atoms. The summed E-state index contributed by atoms with van der Waals surface area (Å²) in [5, 5.41) is 14.8. The number of rotatable bonds is 9. The molecule has 1 saturated heterocycles. The zero-order valence-corrected chi connectivity index (χ0v) is 21.3. The molecule has 0 atom stereocenters. The largest absolute Gasteiger partial charge is 0.382 e. The maximum atomic E-state index is 13.3. The molecule has 194 valence electrons. The Balaban J connectivity index is 1.43. The van der Waals surface area contributed by atoms with Gasteiger partial charge in [0.1, 0.15) is 4.21 Å². The molecule has 2 amide bonds. The summed E-state index contributed by atoms with van der Waals surface area (Å²) in [4.78, 5) is 34.5. The van der Waals surface area contributed by atoms with Gasteiger partial charge in [-0.05, 0) is 55.3 Å². The van der Waals surface area contributed by atoms with E-state index in [0.29, 0.717) is 36.4 Å². The Kier molecular flexibility index (Phi) is 7.57. The third-order valence-electron chi connectivity index (χ3n) is 6.19. The summed E-state index contributed by atoms with van der Waals surface area (Å²) in [7, 11) is -3.75. The number of nitrogens with one attached hydrogen (secondary N) is 1. The molecule has 2 heterocycles. The number of nitrogens with zero attached hydrogens (tertiary/aromatic N) is 2. The average Bonchev–Trinajstić information content (AvgIpc) is 3.34. The lowest BCUT2D eigenvalue weighted by Gasteiger charge is -2.31. The van der Waals surface area contributed by atoms with Gasteiger partial charge in [0.15, 0.2) is 0 Å². The first-order valence-corrected chi connectivity index (χ1v) is 13.6. The lowest BCUT2D eigenvalue weighted by Crippen LogP contribution is -2.42. The van der Waals surface area contributed by atoms with Crippen LogP contribution >= 0.6 is 11.3 Å². The Morgan fingerprint density at radius 3 is 2.30 bits per heavy atom. The van der Waals surface area contributed by atoms with Gasteiger partial charge in [0, 0.05) is 58.9 Å². The van der Waals surface area contributed by atoms with Gasteiger partial charge in [-0.2, -0.15) is 4.31 Å². The van der Waals surface area contributed by atoms with E-state index < -0.39 is 26.8 Å². The van der Waals surface area contributed by atoms with Crippen LogP contribution in [0.5, 0.6) is 0 Å². The molecule has 37 heavy (non-hydrogen) atoms. The first-order chi connectivity index (χ1) is 17.6. The van der Waals surface area contributed by atoms with Crippen molar-refractivity contribution in [3.8, 4) is 0 Å². The summed E-state index contributed by atoms with van der Waals surface area (Å²) in [5.74, 6) is -1.29. The number of thiophene rings is 1. The van der Waals surface area contributed by atoms with Gasteiger partial charge in [0.25, 0.3) is 15.7 Å². The first kappa shape index (κ1) is 26.3. The summed E-state index contributed by atoms with van der Waals surface area (Å²) in [6, 6.07) is 14.0. The number of nitro benzene ring substituents is 1. The highest BCUT2D eigenvalue weighted by Crippen LogP contribution is 2.32. The van der Waals surface area contributed by atoms with Crippen LogP contribution < -0.4 is 16.8 Å². The van der Waals surface area contributed by atoms with E-state index in [0.717, 1.165) is 17.0 Å². The van der Waals surface area contributed by atoms with Crippen molar-refractivity contribution in [1.29, 1.82) is 0 Å². The number of carbonyl (C=O) groups is 2. The van der Waals surface area contributed by atoms with Gasteiger partial charge in [-0.25, -0.2) is 8.42 Å². The summed E-state index contributed by atoms with van der Waals surface area (Å²) < 4.78 is 28.1. The number of amides is 2. The van der Waals surface area contributed by atoms with Crippen molar-refractivity contribution in [2.75, 3.05) is 18.4 Å². The fourth-order valence-corrected chi connectivity index (χ4v) is 7.25. The van der Waals surface area contributed by atoms with E-state index in [1.54, 1.807) is 30.3 Å². The van der Waals surface area contributed by atoms with Crippen molar-refractivity contribution in [2.24, 2.45) is 11.5 Å². The second kappa shape index (κ2) is 10.7. The van der Waals surface area contributed by atoms with Crippen molar-refractivity contribution < 1.29 is 22.9 Å². The highest BCUT2D eigenvalue weighted by molar-refractivity contribution is 7.91. The van der Waals surface area contributed by atoms with Crippen molar-refractivity contribution in [3.63, 3.8) is 0 Å². The molecule has 0 unspecified atom stereocenters. The molecule has 5 N–H and O–H groups in total. The summed E-state index contributed by atoms with van der Waals surface area (Å²) in [6.07, 6.45) is 1.19. The Morgan fingerprint density at radius 2 is 1.70 bits per heavy atom. The van der Waals surface area contributed by atoms with Crippen LogP contribution in [0.2, 0.25) is 0 Å². The van der Waals surface area contributed by atoms with E-state index in [4.69, 9.17) is 11.5 Å². The van der Waals surface area contributed by atoms with Crippen molar-refractivity contribution in [1.82, 2.24) is 4.31 Å². The van der Waals surface area contributed by atoms with Gasteiger partial charge in [-0.3, -0.25) is 19.7 Å². The van der Waals surface area contributed by atoms with Crippen LogP contribution in [0.25, 0.3) is 0 Å². The van der Waals surface area contributed by atoms with E-state index in [2.05, 4.69) is 5.32 Å². The van der Waals surface area contributed by atoms with Gasteiger partial charge < -0.3 is 16.8 Å². The molecule has 0 spiro atoms. The minimum absolute atomic E-state index is 0.0101. The molecule has 2 aromatic carbocycles. The Hall–Kier alpha value is -3.81. The normalized spacial score (nSPS) is 14.8. The SMILES string of the molecule is NC(=O)c1ccc(NC2CCN(S(=O)(=O)c3ccc(Cc4c(C(N)=O)cccc4[N+](=O)[O-])s3)CC2)cc1. The third-order valence-corrected chi connectivity index (χ3v) is 9.64. The van der Waals surface area contributed by atoms with Crippen molar-refractivity contribution >= 4 is 44.5 Å². The molecular weight excluding hydrogens is 518 g/mol. The lowest BCUT2D eigenvalue weighted by atomic mass is 10.0. The fraction of sp³-hybridized carbons (Fsp3) is 0.250. The second-order valence-corrected chi connectivity index (χ2v) is 11.9. The second-order valence-electron chi connectivity index (χ2n) is 8.59. The number of benzene rings is 2. The minimum atomic E-state index is -3.75. The predicted molar refractivity (Wildman–Crippen MR) is 139 cm³/mol. The number of piperidine rings is 1. The summed E-state index contributed by atoms with van der Waals surface area (Å²) in [5.41, 5.74) is 11.8. The molecule has 0 radical (unpaired) electrons. The van der Waals surface area contributed by atoms with Crippen molar-refractivity contribution in [3.05, 3.63) is 86.3 Å². The quantitative estimate of drug-likeness (QED) is 0.274. The smallest absolute Gasteiger partial charge is 0.273 e. The van der Waals surface area contributed by atoms with Gasteiger partial charge >= 0.3 is 0 Å². The van der Waals surface area contributed by atoms with E-state index >= 15 is 0 Å². The van der Waals surface area contributed by atoms with E-state index in [9.17, 15) is 28.1 Å². The van der Waals surface area contributed by atoms with Crippen LogP contribution in [0.3, 0.4) is 0 Å². The standard InChI is InChI=1S/C24H25N5O6S2/c25-23(30)15-4-6-16(7-5-15)27-17-10-12-28(13-11-17)37(34,35)22-9-8-18(36-22)14-20-19(24(26)31)2-1-3-21(20)29(32)33/h1-9,17,27H,10-14H2,(H2,25,30)(H2,26,31). The topological polar surface area (TPSA) is 179 Å². The molecule has 1 aliphatic heterocycles. The molecule has 0 saturated carbocycles. The van der Waals surface area contributed by atoms with Crippen LogP contribution in [0.15, 0.2) is 58.8 Å². The zero-order valence-electron chi connectivity index (χ0n) is 19.6. The van der Waals surface area contributed by atoms with Gasteiger partial charge in [-0.1, -0.05) is 6.07 Å². The molecule has 0 aliphatic carbocycles. The van der Waals surface area contributed by atoms with E-state index in [-0.39, 0.29) is 33.5 Å². The van der Waals surface area contributed by atoms with Crippen LogP contribution in [0, 0.1) is 10.1 Å². The summed E-state index contributed by atoms with van der Waals surface area (Å²) in [6.45, 7) is 0.644. The Labute approximate surface area is 217 Å². The molecule has 1 aliphatic rings. The molecule has 1 fully saturated rings. The van der Waals surface area contributed by atoms with E-state index in [1.165, 1.54) is 28.6 Å². The highest BCUT2D eigenvalue weighted by atomic mass is 32.2. The van der Waals surface area contributed by atoms with Crippen LogP contribution in [0.1, 0.15) is 44.0 Å². The number of hydrogen-bond donors (Lipinski definition) is 3. The first-order valence-electron chi connectivity index (χ1n) is 11.4. The molecular formula is C24H25N5O6S2. The van der Waals surface area contributed by atoms with Crippen LogP contribution in [-0.2, 0) is 16.4 Å². The van der Waals surface area contributed by atoms with E-state index in [1.807, 2.05) is 0 Å². The molecule has 3 aromatic rings. The summed E-state index contributed by atoms with van der Waals surface area (Å²) >= 11 is 1.02. The van der Waals surface area contributed by atoms with Crippen molar-refractivity contribution in [2.45, 2.75) is 29.5 Å². The number of nitrogens with two attached hydrogens (primary N) is 2. The van der Waals surface area contributed by atoms with Gasteiger partial charge in [0.2, 0.25) is 11.8 Å². The van der Waals surface area contributed by atoms with Crippen LogP contribution in [-0.4, -0.2) is 48.6 Å². The van der Waals surface area contributed by atoms with Gasteiger partial charge in [-0.15, -0.1) is 11.3 Å². The molecule has 13 heteroatoms. The predicted octanol–water partition coefficient (Wildman–Crippen LogP) is 2.71. The van der Waals surface area contributed by atoms with Crippen LogP contribution in [0.4, 0.5) is 11.4 Å². The minimum Gasteiger partial charge on any atom is -0.382 e. The highest BCUT2D eigenvalue weighted by Gasteiger charge is 2.31. The molecule has 1 aromatic heterocycles. The Morgan fingerprint density at radius 1 is 1.03 bits per heavy atom. The number of carbonyl (C=O) groups excluding carboxylic acids is 2. The molecule has 11 nitrogen and oxygen atoms in total. The van der Waals surface area contributed by atoms with Gasteiger partial charge in [0.05, 0.1) is 4.92 Å². The number of sulfonamides is 1. The number of nitro groups is 1. The zero-order chi connectivity index (χ0) is 26.7. The number of anilines is 1. The fourth-order valence-electron chi connectivity index (χ4n) is 4.26. The third kappa shape index (κ3) is 5.79. The monoisotopic (exact) mass is 543 g/mol. The maximum absolute atomic E-state index is 13.3.